The van der Waals surface area contributed by atoms with Gasteiger partial charge in [0.15, 0.2) is 0 Å². The highest BCUT2D eigenvalue weighted by atomic mass is 35.5. The predicted molar refractivity (Wildman–Crippen MR) is 77.3 cm³/mol. The lowest BCUT2D eigenvalue weighted by Gasteiger charge is -2.06. The number of halogens is 2. The van der Waals surface area contributed by atoms with E-state index in [1.807, 2.05) is 6.92 Å². The fourth-order valence-electron chi connectivity index (χ4n) is 1.54. The van der Waals surface area contributed by atoms with Crippen LogP contribution >= 0.6 is 34.5 Å². The first-order valence-corrected chi connectivity index (χ1v) is 7.22. The topological polar surface area (TPSA) is 39.2 Å². The minimum absolute atomic E-state index is 0.298. The van der Waals surface area contributed by atoms with Crippen LogP contribution in [0.3, 0.4) is 0 Å². The van der Waals surface area contributed by atoms with Crippen LogP contribution in [0.25, 0.3) is 0 Å². The summed E-state index contributed by atoms with van der Waals surface area (Å²) in [5.74, 6) is -0.441. The van der Waals surface area contributed by atoms with Crippen molar-refractivity contribution in [3.8, 4) is 0 Å². The summed E-state index contributed by atoms with van der Waals surface area (Å²) in [6, 6.07) is 4.69. The number of hydrogen-bond donors (Lipinski definition) is 0. The van der Waals surface area contributed by atoms with E-state index in [0.717, 1.165) is 10.6 Å². The molecule has 2 aromatic rings. The van der Waals surface area contributed by atoms with Gasteiger partial charge in [0.05, 0.1) is 28.4 Å². The van der Waals surface area contributed by atoms with Gasteiger partial charge in [-0.25, -0.2) is 9.78 Å². The first kappa shape index (κ1) is 14.3. The zero-order chi connectivity index (χ0) is 13.8. The molecule has 1 aromatic heterocycles. The quantitative estimate of drug-likeness (QED) is 0.795. The SMILES string of the molecule is Cc1ncsc1CCOC(=O)c1ccc(Cl)cc1Cl. The van der Waals surface area contributed by atoms with Crippen molar-refractivity contribution in [3.63, 3.8) is 0 Å². The number of aryl methyl sites for hydroxylation is 1. The van der Waals surface area contributed by atoms with Gasteiger partial charge in [-0.05, 0) is 25.1 Å². The summed E-state index contributed by atoms with van der Waals surface area (Å²) in [5.41, 5.74) is 3.08. The zero-order valence-electron chi connectivity index (χ0n) is 10.2. The number of benzene rings is 1. The van der Waals surface area contributed by atoms with Crippen molar-refractivity contribution in [2.75, 3.05) is 6.61 Å². The summed E-state index contributed by atoms with van der Waals surface area (Å²) in [4.78, 5) is 17.1. The standard InChI is InChI=1S/C13H11Cl2NO2S/c1-8-12(19-7-16-8)4-5-18-13(17)10-3-2-9(14)6-11(10)15/h2-3,6-7H,4-5H2,1H3. The number of ether oxygens (including phenoxy) is 1. The summed E-state index contributed by atoms with van der Waals surface area (Å²) in [6.45, 7) is 2.24. The molecule has 0 fully saturated rings. The summed E-state index contributed by atoms with van der Waals surface area (Å²) in [5, 5.41) is 0.785. The second kappa shape index (κ2) is 6.37. The molecule has 0 saturated heterocycles. The lowest BCUT2D eigenvalue weighted by atomic mass is 10.2. The minimum atomic E-state index is -0.441. The van der Waals surface area contributed by atoms with Gasteiger partial charge in [-0.1, -0.05) is 23.2 Å². The van der Waals surface area contributed by atoms with Crippen LogP contribution in [0, 0.1) is 6.92 Å². The van der Waals surface area contributed by atoms with Gasteiger partial charge in [0.25, 0.3) is 0 Å². The van der Waals surface area contributed by atoms with Crippen molar-refractivity contribution in [1.29, 1.82) is 0 Å². The maximum absolute atomic E-state index is 11.8. The number of carbonyl (C=O) groups excluding carboxylic acids is 1. The van der Waals surface area contributed by atoms with Gasteiger partial charge < -0.3 is 4.74 Å². The molecule has 0 atom stereocenters. The van der Waals surface area contributed by atoms with Crippen LogP contribution in [-0.4, -0.2) is 17.6 Å². The zero-order valence-corrected chi connectivity index (χ0v) is 12.5. The number of hydrogen-bond acceptors (Lipinski definition) is 4. The summed E-state index contributed by atoms with van der Waals surface area (Å²) < 4.78 is 5.19. The Kier molecular flexibility index (Phi) is 4.80. The third kappa shape index (κ3) is 3.69. The molecule has 1 heterocycles. The van der Waals surface area contributed by atoms with Crippen LogP contribution in [0.1, 0.15) is 20.9 Å². The van der Waals surface area contributed by atoms with Crippen molar-refractivity contribution < 1.29 is 9.53 Å². The molecule has 0 aliphatic rings. The van der Waals surface area contributed by atoms with Crippen LogP contribution in [0.2, 0.25) is 10.0 Å². The molecule has 0 spiro atoms. The maximum atomic E-state index is 11.8. The van der Waals surface area contributed by atoms with Crippen LogP contribution < -0.4 is 0 Å². The Labute approximate surface area is 125 Å². The van der Waals surface area contributed by atoms with Crippen LogP contribution in [-0.2, 0) is 11.2 Å². The molecule has 0 amide bonds. The summed E-state index contributed by atoms with van der Waals surface area (Å²) in [6.07, 6.45) is 0.660. The number of thiazole rings is 1. The Balaban J connectivity index is 1.93. The van der Waals surface area contributed by atoms with Crippen molar-refractivity contribution in [2.24, 2.45) is 0 Å². The number of rotatable bonds is 4. The molecular weight excluding hydrogens is 305 g/mol. The van der Waals surface area contributed by atoms with Gasteiger partial charge >= 0.3 is 5.97 Å². The summed E-state index contributed by atoms with van der Waals surface area (Å²) in [7, 11) is 0. The second-order valence-corrected chi connectivity index (χ2v) is 5.65. The molecule has 0 radical (unpaired) electrons. The molecule has 6 heteroatoms. The minimum Gasteiger partial charge on any atom is -0.462 e. The molecule has 1 aromatic carbocycles. The van der Waals surface area contributed by atoms with E-state index in [2.05, 4.69) is 4.98 Å². The molecule has 0 saturated carbocycles. The molecule has 0 bridgehead atoms. The molecular formula is C13H11Cl2NO2S. The highest BCUT2D eigenvalue weighted by Gasteiger charge is 2.12. The van der Waals surface area contributed by atoms with Crippen molar-refractivity contribution in [3.05, 3.63) is 49.9 Å². The second-order valence-electron chi connectivity index (χ2n) is 3.87. The monoisotopic (exact) mass is 315 g/mol. The van der Waals surface area contributed by atoms with Gasteiger partial charge in [-0.3, -0.25) is 0 Å². The number of esters is 1. The normalized spacial score (nSPS) is 10.5. The predicted octanol–water partition coefficient (Wildman–Crippen LogP) is 4.16. The fourth-order valence-corrected chi connectivity index (χ4v) is 2.78. The number of nitrogens with zero attached hydrogens (tertiary/aromatic N) is 1. The molecule has 3 nitrogen and oxygen atoms in total. The Bertz CT molecular complexity index is 598. The molecule has 0 aliphatic heterocycles. The number of carbonyl (C=O) groups is 1. The lowest BCUT2D eigenvalue weighted by Crippen LogP contribution is -2.08. The van der Waals surface area contributed by atoms with Crippen molar-refractivity contribution in [2.45, 2.75) is 13.3 Å². The molecule has 19 heavy (non-hydrogen) atoms. The van der Waals surface area contributed by atoms with Crippen molar-refractivity contribution in [1.82, 2.24) is 4.98 Å². The lowest BCUT2D eigenvalue weighted by molar-refractivity contribution is 0.0510. The Morgan fingerprint density at radius 3 is 2.84 bits per heavy atom. The third-order valence-corrected chi connectivity index (χ3v) is 4.10. The largest absolute Gasteiger partial charge is 0.462 e. The highest BCUT2D eigenvalue weighted by Crippen LogP contribution is 2.22. The van der Waals surface area contributed by atoms with Gasteiger partial charge in [0, 0.05) is 16.3 Å². The van der Waals surface area contributed by atoms with E-state index in [-0.39, 0.29) is 0 Å². The van der Waals surface area contributed by atoms with Gasteiger partial charge in [-0.2, -0.15) is 0 Å². The van der Waals surface area contributed by atoms with Crippen molar-refractivity contribution >= 4 is 40.5 Å². The van der Waals surface area contributed by atoms with E-state index in [0.29, 0.717) is 28.6 Å². The molecule has 0 N–H and O–H groups in total. The molecule has 0 unspecified atom stereocenters. The first-order valence-electron chi connectivity index (χ1n) is 5.59. The average Bonchev–Trinajstić information content (AvgIpc) is 2.75. The highest BCUT2D eigenvalue weighted by molar-refractivity contribution is 7.09. The van der Waals surface area contributed by atoms with E-state index in [1.165, 1.54) is 6.07 Å². The van der Waals surface area contributed by atoms with E-state index in [4.69, 9.17) is 27.9 Å². The Hall–Kier alpha value is -1.10. The fraction of sp³-hybridized carbons (Fsp3) is 0.231. The summed E-state index contributed by atoms with van der Waals surface area (Å²) >= 11 is 13.3. The van der Waals surface area contributed by atoms with Gasteiger partial charge in [0.2, 0.25) is 0 Å². The van der Waals surface area contributed by atoms with E-state index >= 15 is 0 Å². The number of aromatic nitrogens is 1. The first-order chi connectivity index (χ1) is 9.08. The smallest absolute Gasteiger partial charge is 0.339 e. The Morgan fingerprint density at radius 2 is 2.21 bits per heavy atom. The molecule has 0 aliphatic carbocycles. The van der Waals surface area contributed by atoms with Crippen LogP contribution in [0.5, 0.6) is 0 Å². The van der Waals surface area contributed by atoms with Crippen LogP contribution in [0.4, 0.5) is 0 Å². The molecule has 100 valence electrons. The third-order valence-electron chi connectivity index (χ3n) is 2.56. The van der Waals surface area contributed by atoms with Gasteiger partial charge in [-0.15, -0.1) is 11.3 Å². The van der Waals surface area contributed by atoms with Gasteiger partial charge in [0.1, 0.15) is 0 Å². The maximum Gasteiger partial charge on any atom is 0.339 e. The van der Waals surface area contributed by atoms with E-state index in [9.17, 15) is 4.79 Å². The average molecular weight is 316 g/mol. The van der Waals surface area contributed by atoms with E-state index < -0.39 is 5.97 Å². The van der Waals surface area contributed by atoms with Crippen LogP contribution in [0.15, 0.2) is 23.7 Å². The molecule has 2 rings (SSSR count). The van der Waals surface area contributed by atoms with E-state index in [1.54, 1.807) is 29.0 Å². The Morgan fingerprint density at radius 1 is 1.42 bits per heavy atom.